The van der Waals surface area contributed by atoms with Gasteiger partial charge in [-0.05, 0) is 24.6 Å². The van der Waals surface area contributed by atoms with Gasteiger partial charge in [0.05, 0.1) is 18.0 Å². The number of benzene rings is 1. The first-order valence-electron chi connectivity index (χ1n) is 5.49. The Kier molecular flexibility index (Phi) is 4.67. The van der Waals surface area contributed by atoms with E-state index in [1.54, 1.807) is 12.1 Å². The Morgan fingerprint density at radius 2 is 2.11 bits per heavy atom. The molecule has 0 aliphatic carbocycles. The lowest BCUT2D eigenvalue weighted by molar-refractivity contribution is -0.142. The van der Waals surface area contributed by atoms with E-state index in [0.29, 0.717) is 11.4 Å². The molecule has 6 heteroatoms. The van der Waals surface area contributed by atoms with Crippen LogP contribution in [0, 0.1) is 6.92 Å². The Labute approximate surface area is 105 Å². The fourth-order valence-electron chi connectivity index (χ4n) is 1.38. The van der Waals surface area contributed by atoms with Crippen molar-refractivity contribution in [2.45, 2.75) is 6.92 Å². The molecule has 0 aliphatic rings. The van der Waals surface area contributed by atoms with Crippen LogP contribution in [0.5, 0.6) is 0 Å². The zero-order valence-corrected chi connectivity index (χ0v) is 10.4. The molecule has 1 rings (SSSR count). The molecule has 1 aromatic carbocycles. The van der Waals surface area contributed by atoms with Crippen LogP contribution in [0.15, 0.2) is 18.2 Å². The second kappa shape index (κ2) is 6.02. The number of aliphatic hydroxyl groups is 1. The number of carbonyl (C=O) groups excluding carboxylic acids is 2. The minimum atomic E-state index is -0.775. The molecule has 0 atom stereocenters. The Morgan fingerprint density at radius 1 is 1.44 bits per heavy atom. The second-order valence-electron chi connectivity index (χ2n) is 4.00. The van der Waals surface area contributed by atoms with E-state index in [1.807, 2.05) is 13.0 Å². The third-order valence-electron chi connectivity index (χ3n) is 2.43. The highest BCUT2D eigenvalue weighted by atomic mass is 16.3. The first-order valence-corrected chi connectivity index (χ1v) is 5.49. The number of nitrogens with zero attached hydrogens (tertiary/aromatic N) is 1. The zero-order valence-electron chi connectivity index (χ0n) is 10.4. The van der Waals surface area contributed by atoms with Crippen molar-refractivity contribution >= 4 is 23.2 Å². The normalized spacial score (nSPS) is 9.94. The van der Waals surface area contributed by atoms with Gasteiger partial charge in [0.15, 0.2) is 0 Å². The number of carbonyl (C=O) groups is 2. The van der Waals surface area contributed by atoms with Crippen molar-refractivity contribution in [3.63, 3.8) is 0 Å². The van der Waals surface area contributed by atoms with Crippen molar-refractivity contribution in [3.05, 3.63) is 23.8 Å². The van der Waals surface area contributed by atoms with E-state index in [2.05, 4.69) is 5.32 Å². The maximum absolute atomic E-state index is 11.7. The molecule has 0 bridgehead atoms. The molecule has 0 radical (unpaired) electrons. The first-order chi connectivity index (χ1) is 8.45. The molecule has 2 amide bonds. The summed E-state index contributed by atoms with van der Waals surface area (Å²) >= 11 is 0. The zero-order chi connectivity index (χ0) is 13.7. The molecular formula is C12H17N3O3. The van der Waals surface area contributed by atoms with E-state index in [0.717, 1.165) is 10.5 Å². The summed E-state index contributed by atoms with van der Waals surface area (Å²) in [5.41, 5.74) is 7.42. The van der Waals surface area contributed by atoms with E-state index in [9.17, 15) is 9.59 Å². The molecule has 0 heterocycles. The van der Waals surface area contributed by atoms with Crippen molar-refractivity contribution in [2.24, 2.45) is 0 Å². The standard InChI is InChI=1S/C12H17N3O3/c1-8-3-4-9(13)10(7-8)14-11(17)12(18)15(2)5-6-16/h3-4,7,16H,5-6,13H2,1-2H3,(H,14,17). The number of nitrogen functional groups attached to an aromatic ring is 1. The molecule has 6 nitrogen and oxygen atoms in total. The average Bonchev–Trinajstić information content (AvgIpc) is 2.33. The van der Waals surface area contributed by atoms with E-state index in [1.165, 1.54) is 7.05 Å². The number of aliphatic hydroxyl groups excluding tert-OH is 1. The molecule has 0 aliphatic heterocycles. The predicted octanol–water partition coefficient (Wildman–Crippen LogP) is -0.0336. The summed E-state index contributed by atoms with van der Waals surface area (Å²) < 4.78 is 0. The van der Waals surface area contributed by atoms with Gasteiger partial charge in [-0.2, -0.15) is 0 Å². The summed E-state index contributed by atoms with van der Waals surface area (Å²) in [6.07, 6.45) is 0. The molecule has 0 aromatic heterocycles. The Bertz CT molecular complexity index is 460. The largest absolute Gasteiger partial charge is 0.397 e. The van der Waals surface area contributed by atoms with Gasteiger partial charge in [0.1, 0.15) is 0 Å². The van der Waals surface area contributed by atoms with Gasteiger partial charge in [0, 0.05) is 13.6 Å². The maximum Gasteiger partial charge on any atom is 0.313 e. The number of rotatable bonds is 3. The third-order valence-corrected chi connectivity index (χ3v) is 2.43. The van der Waals surface area contributed by atoms with E-state index >= 15 is 0 Å². The van der Waals surface area contributed by atoms with Crippen LogP contribution in [-0.4, -0.2) is 42.0 Å². The average molecular weight is 251 g/mol. The van der Waals surface area contributed by atoms with Crippen LogP contribution in [0.25, 0.3) is 0 Å². The van der Waals surface area contributed by atoms with Gasteiger partial charge in [0.2, 0.25) is 0 Å². The molecule has 18 heavy (non-hydrogen) atoms. The Hall–Kier alpha value is -2.08. The number of nitrogens with two attached hydrogens (primary N) is 1. The van der Waals surface area contributed by atoms with Gasteiger partial charge in [0.25, 0.3) is 0 Å². The van der Waals surface area contributed by atoms with E-state index in [-0.39, 0.29) is 13.2 Å². The Balaban J connectivity index is 2.75. The molecule has 0 unspecified atom stereocenters. The fourth-order valence-corrected chi connectivity index (χ4v) is 1.38. The lowest BCUT2D eigenvalue weighted by atomic mass is 10.2. The second-order valence-corrected chi connectivity index (χ2v) is 4.00. The molecule has 98 valence electrons. The lowest BCUT2D eigenvalue weighted by Gasteiger charge is -2.15. The van der Waals surface area contributed by atoms with Crippen LogP contribution >= 0.6 is 0 Å². The summed E-state index contributed by atoms with van der Waals surface area (Å²) in [5.74, 6) is -1.49. The predicted molar refractivity (Wildman–Crippen MR) is 68.9 cm³/mol. The van der Waals surface area contributed by atoms with Crippen LogP contribution in [0.1, 0.15) is 5.56 Å². The van der Waals surface area contributed by atoms with Gasteiger partial charge in [-0.3, -0.25) is 9.59 Å². The molecule has 0 saturated heterocycles. The van der Waals surface area contributed by atoms with Gasteiger partial charge in [-0.1, -0.05) is 6.07 Å². The molecule has 0 spiro atoms. The molecular weight excluding hydrogens is 234 g/mol. The van der Waals surface area contributed by atoms with Crippen LogP contribution < -0.4 is 11.1 Å². The molecule has 0 saturated carbocycles. The molecule has 0 fully saturated rings. The van der Waals surface area contributed by atoms with Crippen molar-refractivity contribution in [2.75, 3.05) is 31.2 Å². The summed E-state index contributed by atoms with van der Waals surface area (Å²) in [4.78, 5) is 24.4. The smallest absolute Gasteiger partial charge is 0.313 e. The highest BCUT2D eigenvalue weighted by molar-refractivity contribution is 6.39. The minimum absolute atomic E-state index is 0.107. The number of nitrogens with one attached hydrogen (secondary N) is 1. The number of hydrogen-bond acceptors (Lipinski definition) is 4. The van der Waals surface area contributed by atoms with Crippen molar-refractivity contribution in [1.29, 1.82) is 0 Å². The van der Waals surface area contributed by atoms with Crippen LogP contribution in [0.2, 0.25) is 0 Å². The number of hydrogen-bond donors (Lipinski definition) is 3. The van der Waals surface area contributed by atoms with E-state index < -0.39 is 11.8 Å². The number of amides is 2. The highest BCUT2D eigenvalue weighted by Crippen LogP contribution is 2.19. The minimum Gasteiger partial charge on any atom is -0.397 e. The number of aryl methyl sites for hydroxylation is 1. The fraction of sp³-hybridized carbons (Fsp3) is 0.333. The van der Waals surface area contributed by atoms with Crippen LogP contribution in [-0.2, 0) is 9.59 Å². The summed E-state index contributed by atoms with van der Waals surface area (Å²) in [5, 5.41) is 11.1. The van der Waals surface area contributed by atoms with Crippen molar-refractivity contribution in [1.82, 2.24) is 4.90 Å². The third kappa shape index (κ3) is 3.46. The molecule has 1 aromatic rings. The number of anilines is 2. The van der Waals surface area contributed by atoms with Gasteiger partial charge < -0.3 is 21.1 Å². The van der Waals surface area contributed by atoms with Crippen molar-refractivity contribution < 1.29 is 14.7 Å². The summed E-state index contributed by atoms with van der Waals surface area (Å²) in [7, 11) is 1.44. The van der Waals surface area contributed by atoms with Gasteiger partial charge >= 0.3 is 11.8 Å². The first kappa shape index (κ1) is 14.0. The van der Waals surface area contributed by atoms with Gasteiger partial charge in [-0.15, -0.1) is 0 Å². The maximum atomic E-state index is 11.7. The van der Waals surface area contributed by atoms with Crippen LogP contribution in [0.4, 0.5) is 11.4 Å². The Morgan fingerprint density at radius 3 is 2.72 bits per heavy atom. The summed E-state index contributed by atoms with van der Waals surface area (Å²) in [6.45, 7) is 1.77. The molecule has 4 N–H and O–H groups in total. The highest BCUT2D eigenvalue weighted by Gasteiger charge is 2.18. The quantitative estimate of drug-likeness (QED) is 0.519. The van der Waals surface area contributed by atoms with Crippen LogP contribution in [0.3, 0.4) is 0 Å². The topological polar surface area (TPSA) is 95.7 Å². The van der Waals surface area contributed by atoms with Gasteiger partial charge in [-0.25, -0.2) is 0 Å². The van der Waals surface area contributed by atoms with Crippen molar-refractivity contribution in [3.8, 4) is 0 Å². The lowest BCUT2D eigenvalue weighted by Crippen LogP contribution is -2.38. The number of likely N-dealkylation sites (N-methyl/N-ethyl adjacent to an activating group) is 1. The summed E-state index contributed by atoms with van der Waals surface area (Å²) in [6, 6.07) is 5.16. The monoisotopic (exact) mass is 251 g/mol. The SMILES string of the molecule is Cc1ccc(N)c(NC(=O)C(=O)N(C)CCO)c1. The van der Waals surface area contributed by atoms with E-state index in [4.69, 9.17) is 10.8 Å².